The Labute approximate surface area is 224 Å². The summed E-state index contributed by atoms with van der Waals surface area (Å²) in [6, 6.07) is 17.0. The number of piperidine rings is 2. The zero-order valence-electron chi connectivity index (χ0n) is 22.3. The molecule has 3 aliphatic rings. The molecule has 1 N–H and O–H groups in total. The molecule has 202 valence electrons. The Hall–Kier alpha value is -3.75. The number of hydrogen-bond acceptors (Lipinski definition) is 5. The molecule has 4 amide bonds. The number of benzene rings is 2. The van der Waals surface area contributed by atoms with Crippen molar-refractivity contribution in [1.82, 2.24) is 14.7 Å². The number of para-hydroxylation sites is 3. The van der Waals surface area contributed by atoms with E-state index in [1.54, 1.807) is 29.0 Å². The van der Waals surface area contributed by atoms with E-state index in [0.29, 0.717) is 50.0 Å². The van der Waals surface area contributed by atoms with Crippen LogP contribution < -0.4 is 15.0 Å². The summed E-state index contributed by atoms with van der Waals surface area (Å²) in [5.41, 5.74) is 0.786. The van der Waals surface area contributed by atoms with Crippen molar-refractivity contribution < 1.29 is 19.1 Å². The summed E-state index contributed by atoms with van der Waals surface area (Å²) in [5, 5.41) is 2.94. The standard InChI is InChI=1S/C29H37N5O4/c1-22-12-16-31(17-13-22)26(35)20-33-21-34(23-8-4-3-5-9-23)29(27(33)36)14-18-32(19-15-29)28(37)30-24-10-6-7-11-25(24)38-2/h3-11,22H,12-21H2,1-2H3,(H,30,37). The number of carbonyl (C=O) groups excluding carboxylic acids is 3. The first-order valence-corrected chi connectivity index (χ1v) is 13.5. The highest BCUT2D eigenvalue weighted by Gasteiger charge is 2.54. The van der Waals surface area contributed by atoms with E-state index in [2.05, 4.69) is 17.1 Å². The van der Waals surface area contributed by atoms with Crippen LogP contribution in [0.5, 0.6) is 5.75 Å². The fourth-order valence-corrected chi connectivity index (χ4v) is 5.87. The van der Waals surface area contributed by atoms with Gasteiger partial charge in [0.1, 0.15) is 17.8 Å². The minimum Gasteiger partial charge on any atom is -0.495 e. The number of nitrogens with one attached hydrogen (secondary N) is 1. The van der Waals surface area contributed by atoms with E-state index in [1.807, 2.05) is 47.4 Å². The Morgan fingerprint density at radius 3 is 2.29 bits per heavy atom. The molecule has 5 rings (SSSR count). The van der Waals surface area contributed by atoms with Gasteiger partial charge in [-0.25, -0.2) is 4.79 Å². The lowest BCUT2D eigenvalue weighted by Crippen LogP contribution is -2.58. The molecule has 0 unspecified atom stereocenters. The summed E-state index contributed by atoms with van der Waals surface area (Å²) in [6.07, 6.45) is 3.00. The molecule has 38 heavy (non-hydrogen) atoms. The maximum absolute atomic E-state index is 14.0. The van der Waals surface area contributed by atoms with Gasteiger partial charge in [0.2, 0.25) is 5.91 Å². The van der Waals surface area contributed by atoms with Crippen LogP contribution in [0.25, 0.3) is 0 Å². The normalized spacial score (nSPS) is 19.7. The van der Waals surface area contributed by atoms with Gasteiger partial charge < -0.3 is 29.7 Å². The number of amides is 4. The molecular weight excluding hydrogens is 482 g/mol. The van der Waals surface area contributed by atoms with E-state index >= 15 is 0 Å². The summed E-state index contributed by atoms with van der Waals surface area (Å²) in [5.74, 6) is 1.22. The van der Waals surface area contributed by atoms with E-state index in [9.17, 15) is 14.4 Å². The van der Waals surface area contributed by atoms with Crippen LogP contribution in [0.2, 0.25) is 0 Å². The molecule has 9 nitrogen and oxygen atoms in total. The van der Waals surface area contributed by atoms with Crippen molar-refractivity contribution in [2.45, 2.75) is 38.1 Å². The van der Waals surface area contributed by atoms with Crippen LogP contribution in [0.1, 0.15) is 32.6 Å². The third-order valence-electron chi connectivity index (χ3n) is 8.27. The Kier molecular flexibility index (Phi) is 7.44. The summed E-state index contributed by atoms with van der Waals surface area (Å²) in [6.45, 7) is 5.06. The second kappa shape index (κ2) is 10.9. The topological polar surface area (TPSA) is 85.4 Å². The highest BCUT2D eigenvalue weighted by molar-refractivity contribution is 5.97. The van der Waals surface area contributed by atoms with Gasteiger partial charge in [0, 0.05) is 31.9 Å². The summed E-state index contributed by atoms with van der Waals surface area (Å²) >= 11 is 0. The van der Waals surface area contributed by atoms with Crippen molar-refractivity contribution >= 4 is 29.2 Å². The van der Waals surface area contributed by atoms with E-state index in [0.717, 1.165) is 31.6 Å². The minimum absolute atomic E-state index is 0.0175. The first-order chi connectivity index (χ1) is 18.4. The van der Waals surface area contributed by atoms with E-state index < -0.39 is 5.54 Å². The molecule has 2 aromatic carbocycles. The molecule has 1 spiro atoms. The van der Waals surface area contributed by atoms with E-state index in [-0.39, 0.29) is 24.4 Å². The number of urea groups is 1. The van der Waals surface area contributed by atoms with Gasteiger partial charge in [-0.05, 0) is 55.9 Å². The van der Waals surface area contributed by atoms with Crippen LogP contribution >= 0.6 is 0 Å². The van der Waals surface area contributed by atoms with E-state index in [4.69, 9.17) is 4.74 Å². The minimum atomic E-state index is -0.779. The van der Waals surface area contributed by atoms with Gasteiger partial charge in [-0.1, -0.05) is 37.3 Å². The van der Waals surface area contributed by atoms with Gasteiger partial charge in [-0.15, -0.1) is 0 Å². The number of likely N-dealkylation sites (tertiary alicyclic amines) is 2. The quantitative estimate of drug-likeness (QED) is 0.652. The molecule has 3 heterocycles. The number of anilines is 2. The van der Waals surface area contributed by atoms with Crippen molar-refractivity contribution in [3.63, 3.8) is 0 Å². The third kappa shape index (κ3) is 5.01. The van der Waals surface area contributed by atoms with Crippen LogP contribution in [0.15, 0.2) is 54.6 Å². The van der Waals surface area contributed by atoms with Crippen molar-refractivity contribution in [2.24, 2.45) is 5.92 Å². The predicted octanol–water partition coefficient (Wildman–Crippen LogP) is 3.63. The number of carbonyl (C=O) groups is 3. The van der Waals surface area contributed by atoms with Crippen molar-refractivity contribution in [2.75, 3.05) is 56.7 Å². The molecule has 3 saturated heterocycles. The fraction of sp³-hybridized carbons (Fsp3) is 0.483. The van der Waals surface area contributed by atoms with Gasteiger partial charge in [0.15, 0.2) is 0 Å². The van der Waals surface area contributed by atoms with Crippen LogP contribution in [-0.2, 0) is 9.59 Å². The second-order valence-corrected chi connectivity index (χ2v) is 10.6. The molecule has 0 radical (unpaired) electrons. The molecule has 0 aliphatic carbocycles. The molecule has 2 aromatic rings. The Morgan fingerprint density at radius 1 is 0.947 bits per heavy atom. The molecular formula is C29H37N5O4. The molecule has 3 fully saturated rings. The third-order valence-corrected chi connectivity index (χ3v) is 8.27. The molecule has 9 heteroatoms. The number of ether oxygens (including phenoxy) is 1. The van der Waals surface area contributed by atoms with Crippen molar-refractivity contribution in [3.8, 4) is 5.75 Å². The largest absolute Gasteiger partial charge is 0.495 e. The summed E-state index contributed by atoms with van der Waals surface area (Å²) in [7, 11) is 1.57. The number of nitrogens with zero attached hydrogens (tertiary/aromatic N) is 4. The Balaban J connectivity index is 1.30. The van der Waals surface area contributed by atoms with Gasteiger partial charge in [-0.3, -0.25) is 9.59 Å². The summed E-state index contributed by atoms with van der Waals surface area (Å²) < 4.78 is 5.36. The van der Waals surface area contributed by atoms with Crippen molar-refractivity contribution in [3.05, 3.63) is 54.6 Å². The predicted molar refractivity (Wildman–Crippen MR) is 146 cm³/mol. The maximum Gasteiger partial charge on any atom is 0.321 e. The second-order valence-electron chi connectivity index (χ2n) is 10.6. The Morgan fingerprint density at radius 2 is 1.61 bits per heavy atom. The lowest BCUT2D eigenvalue weighted by Gasteiger charge is -2.43. The lowest BCUT2D eigenvalue weighted by molar-refractivity contribution is -0.141. The maximum atomic E-state index is 14.0. The van der Waals surface area contributed by atoms with Crippen LogP contribution in [0, 0.1) is 5.92 Å². The SMILES string of the molecule is COc1ccccc1NC(=O)N1CCC2(CC1)C(=O)N(CC(=O)N1CCC(C)CC1)CN2c1ccccc1. The van der Waals surface area contributed by atoms with Gasteiger partial charge >= 0.3 is 6.03 Å². The number of methoxy groups -OCH3 is 1. The van der Waals surface area contributed by atoms with Crippen LogP contribution in [0.4, 0.5) is 16.2 Å². The highest BCUT2D eigenvalue weighted by Crippen LogP contribution is 2.39. The summed E-state index contributed by atoms with van der Waals surface area (Å²) in [4.78, 5) is 47.7. The number of hydrogen-bond donors (Lipinski definition) is 1. The van der Waals surface area contributed by atoms with Crippen LogP contribution in [-0.4, -0.2) is 84.6 Å². The van der Waals surface area contributed by atoms with Crippen molar-refractivity contribution in [1.29, 1.82) is 0 Å². The molecule has 0 saturated carbocycles. The molecule has 3 aliphatic heterocycles. The van der Waals surface area contributed by atoms with Gasteiger partial charge in [0.25, 0.3) is 5.91 Å². The zero-order chi connectivity index (χ0) is 26.7. The molecule has 0 bridgehead atoms. The van der Waals surface area contributed by atoms with Gasteiger partial charge in [-0.2, -0.15) is 0 Å². The first-order valence-electron chi connectivity index (χ1n) is 13.5. The van der Waals surface area contributed by atoms with Crippen LogP contribution in [0.3, 0.4) is 0 Å². The lowest BCUT2D eigenvalue weighted by atomic mass is 9.85. The molecule has 0 atom stereocenters. The Bertz CT molecular complexity index is 1160. The van der Waals surface area contributed by atoms with Gasteiger partial charge in [0.05, 0.1) is 19.5 Å². The molecule has 0 aromatic heterocycles. The highest BCUT2D eigenvalue weighted by atomic mass is 16.5. The average Bonchev–Trinajstić information content (AvgIpc) is 3.20. The number of rotatable bonds is 5. The van der Waals surface area contributed by atoms with E-state index in [1.165, 1.54) is 0 Å². The monoisotopic (exact) mass is 519 g/mol. The fourth-order valence-electron chi connectivity index (χ4n) is 5.87. The first kappa shape index (κ1) is 25.9. The average molecular weight is 520 g/mol. The smallest absolute Gasteiger partial charge is 0.321 e. The zero-order valence-corrected chi connectivity index (χ0v) is 22.3.